The van der Waals surface area contributed by atoms with Crippen molar-refractivity contribution >= 4 is 17.4 Å². The molecule has 2 aliphatic rings. The van der Waals surface area contributed by atoms with E-state index < -0.39 is 0 Å². The first-order valence-corrected chi connectivity index (χ1v) is 9.86. The third kappa shape index (κ3) is 4.72. The number of amidine groups is 1. The molecule has 0 spiro atoms. The summed E-state index contributed by atoms with van der Waals surface area (Å²) in [7, 11) is 0. The van der Waals surface area contributed by atoms with Crippen LogP contribution in [0.5, 0.6) is 0 Å². The lowest BCUT2D eigenvalue weighted by Gasteiger charge is -2.21. The molecule has 0 saturated carbocycles. The summed E-state index contributed by atoms with van der Waals surface area (Å²) in [5.41, 5.74) is 0.975. The number of nitrogens with one attached hydrogen (secondary N) is 2. The van der Waals surface area contributed by atoms with Gasteiger partial charge in [0.05, 0.1) is 6.54 Å². The molecular formula is C21H26ClFN4. The maximum absolute atomic E-state index is 14.8. The quantitative estimate of drug-likeness (QED) is 0.533. The van der Waals surface area contributed by atoms with Crippen molar-refractivity contribution in [2.24, 2.45) is 0 Å². The molecule has 2 heterocycles. The van der Waals surface area contributed by atoms with Crippen LogP contribution < -0.4 is 5.32 Å². The molecule has 144 valence electrons. The van der Waals surface area contributed by atoms with Crippen LogP contribution in [0.25, 0.3) is 0 Å². The highest BCUT2D eigenvalue weighted by molar-refractivity contribution is 6.31. The topological polar surface area (TPSA) is 42.4 Å². The fourth-order valence-electron chi connectivity index (χ4n) is 3.26. The van der Waals surface area contributed by atoms with Crippen LogP contribution in [0.15, 0.2) is 48.6 Å². The summed E-state index contributed by atoms with van der Waals surface area (Å²) in [6.07, 6.45) is 14.1. The lowest BCUT2D eigenvalue weighted by atomic mass is 10.1. The fraction of sp³-hybridized carbons (Fsp3) is 0.381. The Balaban J connectivity index is 1.75. The number of hydrogen-bond acceptors (Lipinski definition) is 3. The van der Waals surface area contributed by atoms with E-state index in [1.165, 1.54) is 6.07 Å². The summed E-state index contributed by atoms with van der Waals surface area (Å²) in [4.78, 5) is 3.90. The van der Waals surface area contributed by atoms with Crippen molar-refractivity contribution in [3.8, 4) is 0 Å². The Morgan fingerprint density at radius 2 is 2.11 bits per heavy atom. The van der Waals surface area contributed by atoms with Crippen LogP contribution in [-0.4, -0.2) is 28.7 Å². The van der Waals surface area contributed by atoms with Gasteiger partial charge >= 0.3 is 0 Å². The Kier molecular flexibility index (Phi) is 6.56. The fourth-order valence-corrected chi connectivity index (χ4v) is 3.53. The second kappa shape index (κ2) is 9.09. The van der Waals surface area contributed by atoms with Gasteiger partial charge in [0, 0.05) is 41.6 Å². The van der Waals surface area contributed by atoms with Gasteiger partial charge < -0.3 is 15.1 Å². The van der Waals surface area contributed by atoms with Crippen molar-refractivity contribution in [1.29, 1.82) is 5.41 Å². The molecule has 1 aromatic rings. The maximum atomic E-state index is 14.8. The van der Waals surface area contributed by atoms with Gasteiger partial charge in [0.25, 0.3) is 0 Å². The zero-order valence-corrected chi connectivity index (χ0v) is 16.4. The summed E-state index contributed by atoms with van der Waals surface area (Å²) in [5, 5.41) is 11.8. The van der Waals surface area contributed by atoms with Crippen LogP contribution in [-0.2, 0) is 6.54 Å². The highest BCUT2D eigenvalue weighted by Gasteiger charge is 2.21. The molecule has 1 aromatic carbocycles. The van der Waals surface area contributed by atoms with E-state index in [-0.39, 0.29) is 5.82 Å². The lowest BCUT2D eigenvalue weighted by Crippen LogP contribution is -2.28. The Morgan fingerprint density at radius 1 is 1.33 bits per heavy atom. The van der Waals surface area contributed by atoms with Crippen molar-refractivity contribution in [2.75, 3.05) is 13.1 Å². The predicted molar refractivity (Wildman–Crippen MR) is 109 cm³/mol. The van der Waals surface area contributed by atoms with Crippen molar-refractivity contribution in [2.45, 2.75) is 39.2 Å². The van der Waals surface area contributed by atoms with E-state index in [1.54, 1.807) is 6.07 Å². The third-order valence-corrected chi connectivity index (χ3v) is 5.14. The lowest BCUT2D eigenvalue weighted by molar-refractivity contribution is 0.447. The second-order valence-electron chi connectivity index (χ2n) is 6.82. The van der Waals surface area contributed by atoms with Gasteiger partial charge in [-0.3, -0.25) is 5.41 Å². The molecule has 0 radical (unpaired) electrons. The molecule has 3 rings (SSSR count). The van der Waals surface area contributed by atoms with E-state index in [0.717, 1.165) is 44.6 Å². The highest BCUT2D eigenvalue weighted by atomic mass is 35.5. The Morgan fingerprint density at radius 3 is 2.81 bits per heavy atom. The van der Waals surface area contributed by atoms with Crippen LogP contribution in [0.1, 0.15) is 43.7 Å². The van der Waals surface area contributed by atoms with E-state index in [2.05, 4.69) is 18.3 Å². The number of likely N-dealkylation sites (tertiary alicyclic amines) is 1. The van der Waals surface area contributed by atoms with Gasteiger partial charge in [-0.15, -0.1) is 0 Å². The first kappa shape index (κ1) is 19.5. The molecule has 1 fully saturated rings. The van der Waals surface area contributed by atoms with E-state index in [0.29, 0.717) is 28.5 Å². The second-order valence-corrected chi connectivity index (χ2v) is 7.23. The molecule has 2 aliphatic heterocycles. The zero-order valence-electron chi connectivity index (χ0n) is 15.6. The number of rotatable bonds is 6. The third-order valence-electron chi connectivity index (χ3n) is 4.81. The molecule has 27 heavy (non-hydrogen) atoms. The predicted octanol–water partition coefficient (Wildman–Crippen LogP) is 4.97. The first-order valence-electron chi connectivity index (χ1n) is 9.48. The summed E-state index contributed by atoms with van der Waals surface area (Å²) in [5.74, 6) is 0.860. The van der Waals surface area contributed by atoms with Crippen LogP contribution in [0, 0.1) is 11.2 Å². The normalized spacial score (nSPS) is 18.1. The number of nitrogens with zero attached hydrogens (tertiary/aromatic N) is 2. The summed E-state index contributed by atoms with van der Waals surface area (Å²) >= 11 is 6.40. The molecule has 0 amide bonds. The van der Waals surface area contributed by atoms with Crippen LogP contribution >= 0.6 is 11.6 Å². The van der Waals surface area contributed by atoms with Crippen molar-refractivity contribution < 1.29 is 4.39 Å². The minimum Gasteiger partial charge on any atom is -0.357 e. The number of halogens is 2. The van der Waals surface area contributed by atoms with Gasteiger partial charge in [0.1, 0.15) is 17.5 Å². The molecule has 0 aliphatic carbocycles. The van der Waals surface area contributed by atoms with Gasteiger partial charge in [-0.2, -0.15) is 0 Å². The van der Waals surface area contributed by atoms with Gasteiger partial charge in [-0.05, 0) is 37.5 Å². The van der Waals surface area contributed by atoms with Gasteiger partial charge in [0.15, 0.2) is 0 Å². The number of benzene rings is 1. The SMILES string of the molecule is CCC/C=C\C=C1/NC=CN1Cc1c(F)cc(C(=N)N2CCCC2)cc1Cl. The van der Waals surface area contributed by atoms with Crippen molar-refractivity contribution in [3.05, 3.63) is 70.5 Å². The standard InChI is InChI=1S/C21H26ClFN4/c1-2-3-4-5-8-20-25-9-12-27(20)15-17-18(22)13-16(14-19(17)23)21(24)26-10-6-7-11-26/h4-5,8-9,12-14,24-25H,2-3,6-7,10-11,15H2,1H3/b5-4-,20-8+,24-21?. The minimum atomic E-state index is -0.373. The smallest absolute Gasteiger partial charge is 0.130 e. The average Bonchev–Trinajstić information content (AvgIpc) is 3.33. The molecule has 2 N–H and O–H groups in total. The van der Waals surface area contributed by atoms with Crippen LogP contribution in [0.4, 0.5) is 4.39 Å². The molecule has 4 nitrogen and oxygen atoms in total. The van der Waals surface area contributed by atoms with E-state index in [9.17, 15) is 4.39 Å². The molecule has 0 atom stereocenters. The van der Waals surface area contributed by atoms with E-state index in [1.807, 2.05) is 34.4 Å². The van der Waals surface area contributed by atoms with Crippen molar-refractivity contribution in [1.82, 2.24) is 15.1 Å². The largest absolute Gasteiger partial charge is 0.357 e. The van der Waals surface area contributed by atoms with E-state index >= 15 is 0 Å². The average molecular weight is 389 g/mol. The Hall–Kier alpha value is -2.27. The molecular weight excluding hydrogens is 363 g/mol. The number of hydrogen-bond donors (Lipinski definition) is 2. The Bertz CT molecular complexity index is 755. The number of unbranched alkanes of at least 4 members (excludes halogenated alkanes) is 1. The minimum absolute atomic E-state index is 0.332. The molecule has 6 heteroatoms. The zero-order chi connectivity index (χ0) is 19.2. The Labute approximate surface area is 165 Å². The monoisotopic (exact) mass is 388 g/mol. The van der Waals surface area contributed by atoms with Crippen molar-refractivity contribution in [3.63, 3.8) is 0 Å². The summed E-state index contributed by atoms with van der Waals surface area (Å²) < 4.78 is 14.8. The molecule has 0 bridgehead atoms. The summed E-state index contributed by atoms with van der Waals surface area (Å²) in [6.45, 7) is 4.17. The van der Waals surface area contributed by atoms with Gasteiger partial charge in [-0.1, -0.05) is 37.1 Å². The van der Waals surface area contributed by atoms with Crippen LogP contribution in [0.2, 0.25) is 5.02 Å². The molecule has 0 aromatic heterocycles. The van der Waals surface area contributed by atoms with E-state index in [4.69, 9.17) is 17.0 Å². The van der Waals surface area contributed by atoms with Gasteiger partial charge in [-0.25, -0.2) is 4.39 Å². The maximum Gasteiger partial charge on any atom is 0.130 e. The molecule has 1 saturated heterocycles. The number of allylic oxidation sites excluding steroid dienone is 3. The van der Waals surface area contributed by atoms with Crippen LogP contribution in [0.3, 0.4) is 0 Å². The highest BCUT2D eigenvalue weighted by Crippen LogP contribution is 2.26. The summed E-state index contributed by atoms with van der Waals surface area (Å²) in [6, 6.07) is 3.14. The molecule has 0 unspecified atom stereocenters. The van der Waals surface area contributed by atoms with Gasteiger partial charge in [0.2, 0.25) is 0 Å². The first-order chi connectivity index (χ1) is 13.1.